The largest absolute Gasteiger partial charge is 0.330 e. The van der Waals surface area contributed by atoms with E-state index in [1.54, 1.807) is 0 Å². The normalized spacial score (nSPS) is 12.5. The van der Waals surface area contributed by atoms with Gasteiger partial charge in [-0.3, -0.25) is 4.79 Å². The van der Waals surface area contributed by atoms with Crippen LogP contribution < -0.4 is 0 Å². The molecule has 0 amide bonds. The Bertz CT molecular complexity index is 219. The van der Waals surface area contributed by atoms with Crippen LogP contribution in [0.3, 0.4) is 0 Å². The molecule has 0 bridgehead atoms. The third-order valence-corrected chi connectivity index (χ3v) is 2.67. The predicted octanol–water partition coefficient (Wildman–Crippen LogP) is 2.61. The first-order valence-corrected chi connectivity index (χ1v) is 6.14. The van der Waals surface area contributed by atoms with Crippen molar-refractivity contribution in [2.75, 3.05) is 20.8 Å². The number of hydrogen-bond donors (Lipinski definition) is 0. The van der Waals surface area contributed by atoms with E-state index in [4.69, 9.17) is 14.2 Å². The predicted molar refractivity (Wildman–Crippen MR) is 66.6 cm³/mol. The van der Waals surface area contributed by atoms with E-state index >= 15 is 0 Å². The molecule has 0 atom stereocenters. The van der Waals surface area contributed by atoms with Gasteiger partial charge in [-0.15, -0.1) is 0 Å². The summed E-state index contributed by atoms with van der Waals surface area (Å²) in [6.07, 6.45) is 1.03. The van der Waals surface area contributed by atoms with Crippen LogP contribution in [0.5, 0.6) is 0 Å². The number of carbonyl (C=O) groups excluding carboxylic acids is 1. The third-order valence-electron chi connectivity index (χ3n) is 2.67. The molecule has 102 valence electrons. The fourth-order valence-electron chi connectivity index (χ4n) is 1.26. The molecule has 4 heteroatoms. The highest BCUT2D eigenvalue weighted by molar-refractivity contribution is 5.80. The van der Waals surface area contributed by atoms with Crippen LogP contribution in [0.2, 0.25) is 0 Å². The molecule has 4 nitrogen and oxygen atoms in total. The van der Waals surface area contributed by atoms with E-state index < -0.39 is 5.97 Å². The standard InChI is InChI=1S/C13H26O4/c1-10(2)7-8-17-13(15-5,16-6)9-12(14)11(3)4/h10-11H,7-9H2,1-6H3. The third kappa shape index (κ3) is 6.15. The summed E-state index contributed by atoms with van der Waals surface area (Å²) in [5.41, 5.74) is 0. The van der Waals surface area contributed by atoms with E-state index in [-0.39, 0.29) is 18.1 Å². The van der Waals surface area contributed by atoms with Crippen LogP contribution in [0.4, 0.5) is 0 Å². The maximum atomic E-state index is 11.7. The van der Waals surface area contributed by atoms with Crippen molar-refractivity contribution in [2.45, 2.75) is 46.5 Å². The SMILES string of the molecule is COC(CC(=O)C(C)C)(OC)OCCC(C)C. The molecule has 0 rings (SSSR count). The first-order chi connectivity index (χ1) is 7.87. The maximum Gasteiger partial charge on any atom is 0.289 e. The van der Waals surface area contributed by atoms with Gasteiger partial charge in [-0.1, -0.05) is 27.7 Å². The summed E-state index contributed by atoms with van der Waals surface area (Å²) in [6, 6.07) is 0. The van der Waals surface area contributed by atoms with Gasteiger partial charge < -0.3 is 14.2 Å². The first kappa shape index (κ1) is 16.6. The van der Waals surface area contributed by atoms with E-state index in [0.29, 0.717) is 12.5 Å². The summed E-state index contributed by atoms with van der Waals surface area (Å²) in [6.45, 7) is 8.46. The lowest BCUT2D eigenvalue weighted by molar-refractivity contribution is -0.360. The molecule has 0 N–H and O–H groups in total. The number of ketones is 1. The maximum absolute atomic E-state index is 11.7. The second kappa shape index (κ2) is 7.80. The van der Waals surface area contributed by atoms with E-state index in [2.05, 4.69) is 13.8 Å². The van der Waals surface area contributed by atoms with Crippen LogP contribution in [0.25, 0.3) is 0 Å². The van der Waals surface area contributed by atoms with Crippen LogP contribution in [-0.4, -0.2) is 32.6 Å². The topological polar surface area (TPSA) is 44.8 Å². The van der Waals surface area contributed by atoms with Gasteiger partial charge in [-0.05, 0) is 12.3 Å². The summed E-state index contributed by atoms with van der Waals surface area (Å²) in [4.78, 5) is 11.7. The molecule has 0 saturated carbocycles. The van der Waals surface area contributed by atoms with E-state index in [1.165, 1.54) is 14.2 Å². The second-order valence-corrected chi connectivity index (χ2v) is 4.92. The van der Waals surface area contributed by atoms with Crippen molar-refractivity contribution in [3.63, 3.8) is 0 Å². The highest BCUT2D eigenvalue weighted by Crippen LogP contribution is 2.21. The molecule has 0 aliphatic carbocycles. The van der Waals surface area contributed by atoms with Gasteiger partial charge in [0, 0.05) is 20.1 Å². The molecule has 0 radical (unpaired) electrons. The van der Waals surface area contributed by atoms with Crippen molar-refractivity contribution < 1.29 is 19.0 Å². The average Bonchev–Trinajstić information content (AvgIpc) is 2.26. The zero-order valence-corrected chi connectivity index (χ0v) is 11.9. The van der Waals surface area contributed by atoms with Crippen LogP contribution in [0.1, 0.15) is 40.5 Å². The van der Waals surface area contributed by atoms with Crippen molar-refractivity contribution in [2.24, 2.45) is 11.8 Å². The summed E-state index contributed by atoms with van der Waals surface area (Å²) < 4.78 is 16.0. The van der Waals surface area contributed by atoms with Crippen molar-refractivity contribution in [1.29, 1.82) is 0 Å². The van der Waals surface area contributed by atoms with Crippen LogP contribution in [0, 0.1) is 11.8 Å². The van der Waals surface area contributed by atoms with Gasteiger partial charge in [0.25, 0.3) is 5.97 Å². The Morgan fingerprint density at radius 2 is 1.65 bits per heavy atom. The van der Waals surface area contributed by atoms with Gasteiger partial charge in [-0.25, -0.2) is 0 Å². The zero-order chi connectivity index (χ0) is 13.5. The number of carbonyl (C=O) groups is 1. The number of hydrogen-bond acceptors (Lipinski definition) is 4. The molecule has 0 aromatic heterocycles. The lowest BCUT2D eigenvalue weighted by Gasteiger charge is -2.30. The summed E-state index contributed by atoms with van der Waals surface area (Å²) in [5.74, 6) is -0.662. The Balaban J connectivity index is 4.39. The highest BCUT2D eigenvalue weighted by Gasteiger charge is 2.34. The molecule has 0 unspecified atom stereocenters. The molecule has 0 fully saturated rings. The van der Waals surface area contributed by atoms with E-state index in [0.717, 1.165) is 6.42 Å². The van der Waals surface area contributed by atoms with Gasteiger partial charge in [-0.2, -0.15) is 0 Å². The van der Waals surface area contributed by atoms with E-state index in [1.807, 2.05) is 13.8 Å². The smallest absolute Gasteiger partial charge is 0.289 e. The number of rotatable bonds is 9. The minimum Gasteiger partial charge on any atom is -0.330 e. The zero-order valence-electron chi connectivity index (χ0n) is 11.9. The summed E-state index contributed by atoms with van der Waals surface area (Å²) >= 11 is 0. The van der Waals surface area contributed by atoms with Gasteiger partial charge in [0.15, 0.2) is 0 Å². The summed E-state index contributed by atoms with van der Waals surface area (Å²) in [5, 5.41) is 0. The monoisotopic (exact) mass is 246 g/mol. The Hall–Kier alpha value is -0.450. The fourth-order valence-corrected chi connectivity index (χ4v) is 1.26. The number of ether oxygens (including phenoxy) is 3. The van der Waals surface area contributed by atoms with Gasteiger partial charge in [0.1, 0.15) is 5.78 Å². The Morgan fingerprint density at radius 1 is 1.12 bits per heavy atom. The Labute approximate surface area is 105 Å². The van der Waals surface area contributed by atoms with Gasteiger partial charge in [0.05, 0.1) is 13.0 Å². The molecule has 0 spiro atoms. The molecule has 0 aromatic carbocycles. The lowest BCUT2D eigenvalue weighted by atomic mass is 10.1. The van der Waals surface area contributed by atoms with E-state index in [9.17, 15) is 4.79 Å². The van der Waals surface area contributed by atoms with Crippen LogP contribution in [-0.2, 0) is 19.0 Å². The molecular formula is C13H26O4. The fraction of sp³-hybridized carbons (Fsp3) is 0.923. The van der Waals surface area contributed by atoms with Crippen LogP contribution >= 0.6 is 0 Å². The minimum atomic E-state index is -1.23. The van der Waals surface area contributed by atoms with Crippen molar-refractivity contribution >= 4 is 5.78 Å². The van der Waals surface area contributed by atoms with Gasteiger partial charge >= 0.3 is 0 Å². The second-order valence-electron chi connectivity index (χ2n) is 4.92. The molecular weight excluding hydrogens is 220 g/mol. The van der Waals surface area contributed by atoms with Crippen molar-refractivity contribution in [3.8, 4) is 0 Å². The quantitative estimate of drug-likeness (QED) is 0.587. The summed E-state index contributed by atoms with van der Waals surface area (Å²) in [7, 11) is 2.99. The van der Waals surface area contributed by atoms with Crippen LogP contribution in [0.15, 0.2) is 0 Å². The molecule has 0 aromatic rings. The highest BCUT2D eigenvalue weighted by atomic mass is 16.9. The minimum absolute atomic E-state index is 0.0478. The van der Waals surface area contributed by atoms with Crippen molar-refractivity contribution in [1.82, 2.24) is 0 Å². The molecule has 0 aliphatic heterocycles. The van der Waals surface area contributed by atoms with Gasteiger partial charge in [0.2, 0.25) is 0 Å². The Kier molecular flexibility index (Phi) is 7.59. The van der Waals surface area contributed by atoms with Crippen molar-refractivity contribution in [3.05, 3.63) is 0 Å². The molecule has 17 heavy (non-hydrogen) atoms. The average molecular weight is 246 g/mol. The Morgan fingerprint density at radius 3 is 2.00 bits per heavy atom. The molecule has 0 heterocycles. The lowest BCUT2D eigenvalue weighted by Crippen LogP contribution is -2.40. The molecule has 0 saturated heterocycles. The number of Topliss-reactive ketones (excluding diaryl/α,β-unsaturated/α-hetero) is 1. The number of methoxy groups -OCH3 is 2. The molecule has 0 aliphatic rings. The first-order valence-electron chi connectivity index (χ1n) is 6.14.